The van der Waals surface area contributed by atoms with Crippen molar-refractivity contribution < 1.29 is 8.42 Å². The Hall–Kier alpha value is -1.14. The van der Waals surface area contributed by atoms with Crippen molar-refractivity contribution in [1.82, 2.24) is 13.9 Å². The van der Waals surface area contributed by atoms with E-state index in [0.717, 1.165) is 19.3 Å². The van der Waals surface area contributed by atoms with E-state index < -0.39 is 10.0 Å². The van der Waals surface area contributed by atoms with E-state index in [9.17, 15) is 8.42 Å². The number of imidazole rings is 1. The van der Waals surface area contributed by atoms with Crippen LogP contribution < -0.4 is 0 Å². The smallest absolute Gasteiger partial charge is 0.262 e. The van der Waals surface area contributed by atoms with Crippen LogP contribution in [0.5, 0.6) is 0 Å². The van der Waals surface area contributed by atoms with Crippen LogP contribution in [0.1, 0.15) is 39.2 Å². The highest BCUT2D eigenvalue weighted by Crippen LogP contribution is 2.36. The van der Waals surface area contributed by atoms with Gasteiger partial charge in [-0.15, -0.1) is 0 Å². The summed E-state index contributed by atoms with van der Waals surface area (Å²) in [4.78, 5) is 4.09. The minimum absolute atomic E-state index is 0.0212. The summed E-state index contributed by atoms with van der Waals surface area (Å²) in [6, 6.07) is 0.353. The van der Waals surface area contributed by atoms with Crippen molar-refractivity contribution in [2.75, 3.05) is 0 Å². The highest BCUT2D eigenvalue weighted by molar-refractivity contribution is 7.89. The maximum absolute atomic E-state index is 12.7. The first kappa shape index (κ1) is 12.9. The number of sulfonamides is 1. The zero-order valence-electron chi connectivity index (χ0n) is 11.2. The second kappa shape index (κ2) is 4.45. The second-order valence-electron chi connectivity index (χ2n) is 5.55. The van der Waals surface area contributed by atoms with Crippen LogP contribution in [0, 0.1) is 0 Å². The molecule has 0 N–H and O–H groups in total. The van der Waals surface area contributed by atoms with Gasteiger partial charge < -0.3 is 4.57 Å². The standard InChI is InChI=1S/C13H19N3O2S/c1-10(2)15-8-13(14-9-15)19(17,18)16-11-4-3-5-12(16)7-6-11/h3-4,8-12H,5-7H2,1-2H3. The molecule has 1 saturated heterocycles. The van der Waals surface area contributed by atoms with Crippen molar-refractivity contribution in [3.05, 3.63) is 24.7 Å². The predicted octanol–water partition coefficient (Wildman–Crippen LogP) is 1.95. The lowest BCUT2D eigenvalue weighted by molar-refractivity contribution is 0.340. The molecular formula is C13H19N3O2S. The van der Waals surface area contributed by atoms with Crippen molar-refractivity contribution in [1.29, 1.82) is 0 Å². The van der Waals surface area contributed by atoms with E-state index >= 15 is 0 Å². The van der Waals surface area contributed by atoms with Crippen molar-refractivity contribution in [2.24, 2.45) is 0 Å². The van der Waals surface area contributed by atoms with E-state index in [1.54, 1.807) is 16.8 Å². The van der Waals surface area contributed by atoms with Crippen LogP contribution >= 0.6 is 0 Å². The fourth-order valence-electron chi connectivity index (χ4n) is 2.90. The van der Waals surface area contributed by atoms with Crippen LogP contribution in [0.25, 0.3) is 0 Å². The van der Waals surface area contributed by atoms with E-state index in [2.05, 4.69) is 11.1 Å². The largest absolute Gasteiger partial charge is 0.334 e. The summed E-state index contributed by atoms with van der Waals surface area (Å²) >= 11 is 0. The molecule has 2 aliphatic heterocycles. The molecule has 0 aromatic carbocycles. The van der Waals surface area contributed by atoms with E-state index in [1.807, 2.05) is 24.5 Å². The van der Waals surface area contributed by atoms with E-state index in [-0.39, 0.29) is 23.2 Å². The fraction of sp³-hybridized carbons (Fsp3) is 0.615. The SMILES string of the molecule is CC(C)n1cnc(S(=O)(=O)N2C3C=CCC2CC3)c1. The molecule has 104 valence electrons. The van der Waals surface area contributed by atoms with Gasteiger partial charge in [0.15, 0.2) is 5.03 Å². The number of hydrogen-bond acceptors (Lipinski definition) is 3. The van der Waals surface area contributed by atoms with Gasteiger partial charge in [-0.1, -0.05) is 12.2 Å². The van der Waals surface area contributed by atoms with Gasteiger partial charge in [0.1, 0.15) is 0 Å². The van der Waals surface area contributed by atoms with Gasteiger partial charge in [0.25, 0.3) is 10.0 Å². The van der Waals surface area contributed by atoms with Crippen molar-refractivity contribution in [3.63, 3.8) is 0 Å². The molecule has 1 aromatic heterocycles. The molecule has 0 aliphatic carbocycles. The summed E-state index contributed by atoms with van der Waals surface area (Å²) in [5.41, 5.74) is 0. The molecule has 2 bridgehead atoms. The van der Waals surface area contributed by atoms with Gasteiger partial charge in [0.05, 0.1) is 6.33 Å². The molecule has 5 nitrogen and oxygen atoms in total. The molecule has 19 heavy (non-hydrogen) atoms. The number of aromatic nitrogens is 2. The van der Waals surface area contributed by atoms with Crippen LogP contribution in [0.3, 0.4) is 0 Å². The minimum atomic E-state index is -3.46. The number of nitrogens with zero attached hydrogens (tertiary/aromatic N) is 3. The van der Waals surface area contributed by atoms with Crippen molar-refractivity contribution in [3.8, 4) is 0 Å². The van der Waals surface area contributed by atoms with Gasteiger partial charge in [0.2, 0.25) is 0 Å². The van der Waals surface area contributed by atoms with Gasteiger partial charge in [-0.2, -0.15) is 4.31 Å². The molecule has 3 heterocycles. The predicted molar refractivity (Wildman–Crippen MR) is 72.2 cm³/mol. The number of rotatable bonds is 3. The minimum Gasteiger partial charge on any atom is -0.334 e. The van der Waals surface area contributed by atoms with Gasteiger partial charge in [0, 0.05) is 24.3 Å². The molecule has 1 fully saturated rings. The van der Waals surface area contributed by atoms with Crippen LogP contribution in [0.2, 0.25) is 0 Å². The molecule has 2 aliphatic rings. The average molecular weight is 281 g/mol. The van der Waals surface area contributed by atoms with Gasteiger partial charge in [-0.25, -0.2) is 13.4 Å². The van der Waals surface area contributed by atoms with E-state index in [1.165, 1.54) is 0 Å². The van der Waals surface area contributed by atoms with Gasteiger partial charge in [-0.3, -0.25) is 0 Å². The Morgan fingerprint density at radius 2 is 2.16 bits per heavy atom. The Balaban J connectivity index is 1.96. The number of fused-ring (bicyclic) bond motifs is 2. The Labute approximate surface area is 114 Å². The number of hydrogen-bond donors (Lipinski definition) is 0. The van der Waals surface area contributed by atoms with E-state index in [0.29, 0.717) is 0 Å². The molecule has 6 heteroatoms. The monoisotopic (exact) mass is 281 g/mol. The maximum Gasteiger partial charge on any atom is 0.262 e. The summed E-state index contributed by atoms with van der Waals surface area (Å²) in [6.45, 7) is 4.01. The first-order chi connectivity index (χ1) is 9.00. The summed E-state index contributed by atoms with van der Waals surface area (Å²) in [7, 11) is -3.46. The average Bonchev–Trinajstić information content (AvgIpc) is 2.94. The third-order valence-corrected chi connectivity index (χ3v) is 5.83. The Bertz CT molecular complexity index is 603. The molecule has 1 aromatic rings. The highest BCUT2D eigenvalue weighted by Gasteiger charge is 2.43. The Morgan fingerprint density at radius 1 is 1.37 bits per heavy atom. The molecular weight excluding hydrogens is 262 g/mol. The van der Waals surface area contributed by atoms with Crippen LogP contribution in [0.15, 0.2) is 29.7 Å². The first-order valence-corrected chi connectivity index (χ1v) is 8.18. The summed E-state index contributed by atoms with van der Waals surface area (Å²) in [5.74, 6) is 0. The molecule has 2 unspecified atom stereocenters. The zero-order valence-corrected chi connectivity index (χ0v) is 12.0. The van der Waals surface area contributed by atoms with Crippen LogP contribution in [-0.4, -0.2) is 34.4 Å². The van der Waals surface area contributed by atoms with Crippen molar-refractivity contribution in [2.45, 2.75) is 56.3 Å². The topological polar surface area (TPSA) is 55.2 Å². The summed E-state index contributed by atoms with van der Waals surface area (Å²) in [6.07, 6.45) is 10.0. The lowest BCUT2D eigenvalue weighted by atomic mass is 10.2. The molecule has 0 radical (unpaired) electrons. The van der Waals surface area contributed by atoms with Crippen molar-refractivity contribution >= 4 is 10.0 Å². The third kappa shape index (κ3) is 2.03. The lowest BCUT2D eigenvalue weighted by Gasteiger charge is -2.29. The molecule has 2 atom stereocenters. The second-order valence-corrected chi connectivity index (χ2v) is 7.34. The first-order valence-electron chi connectivity index (χ1n) is 6.74. The van der Waals surface area contributed by atoms with Crippen LogP contribution in [0.4, 0.5) is 0 Å². The molecule has 0 amide bonds. The van der Waals surface area contributed by atoms with E-state index in [4.69, 9.17) is 0 Å². The summed E-state index contributed by atoms with van der Waals surface area (Å²) in [5, 5.41) is 0.174. The van der Waals surface area contributed by atoms with Gasteiger partial charge >= 0.3 is 0 Å². The summed E-state index contributed by atoms with van der Waals surface area (Å²) < 4.78 is 28.9. The highest BCUT2D eigenvalue weighted by atomic mass is 32.2. The molecule has 0 spiro atoms. The zero-order chi connectivity index (χ0) is 13.6. The molecule has 3 rings (SSSR count). The normalized spacial score (nSPS) is 27.3. The Kier molecular flexibility index (Phi) is 3.02. The maximum atomic E-state index is 12.7. The fourth-order valence-corrected chi connectivity index (χ4v) is 4.67. The quantitative estimate of drug-likeness (QED) is 0.796. The van der Waals surface area contributed by atoms with Gasteiger partial charge in [-0.05, 0) is 33.1 Å². The lowest BCUT2D eigenvalue weighted by Crippen LogP contribution is -2.42. The molecule has 0 saturated carbocycles. The van der Waals surface area contributed by atoms with Crippen LogP contribution in [-0.2, 0) is 10.0 Å². The third-order valence-electron chi connectivity index (χ3n) is 3.96. The Morgan fingerprint density at radius 3 is 2.79 bits per heavy atom.